The molecule has 2 N–H and O–H groups in total. The van der Waals surface area contributed by atoms with Crippen molar-refractivity contribution in [2.24, 2.45) is 0 Å². The molecule has 0 radical (unpaired) electrons. The van der Waals surface area contributed by atoms with Gasteiger partial charge in [0.15, 0.2) is 5.69 Å². The zero-order chi connectivity index (χ0) is 12.3. The zero-order valence-electron chi connectivity index (χ0n) is 9.11. The van der Waals surface area contributed by atoms with Gasteiger partial charge < -0.3 is 19.8 Å². The zero-order valence-corrected chi connectivity index (χ0v) is 9.11. The van der Waals surface area contributed by atoms with Crippen LogP contribution < -0.4 is 4.90 Å². The van der Waals surface area contributed by atoms with Gasteiger partial charge in [-0.1, -0.05) is 0 Å². The molecular weight excluding hydrogens is 226 g/mol. The molecule has 1 aromatic rings. The molecule has 0 amide bonds. The summed E-state index contributed by atoms with van der Waals surface area (Å²) in [6, 6.07) is 0. The van der Waals surface area contributed by atoms with Gasteiger partial charge in [-0.2, -0.15) is 0 Å². The molecule has 1 unspecified atom stereocenters. The highest BCUT2D eigenvalue weighted by Crippen LogP contribution is 2.14. The van der Waals surface area contributed by atoms with Gasteiger partial charge in [0.25, 0.3) is 0 Å². The fourth-order valence-corrected chi connectivity index (χ4v) is 1.65. The summed E-state index contributed by atoms with van der Waals surface area (Å²) >= 11 is 0. The van der Waals surface area contributed by atoms with Crippen molar-refractivity contribution in [2.75, 3.05) is 31.2 Å². The van der Waals surface area contributed by atoms with E-state index in [9.17, 15) is 4.79 Å². The summed E-state index contributed by atoms with van der Waals surface area (Å²) in [4.78, 5) is 20.5. The minimum atomic E-state index is -1.11. The molecule has 1 saturated heterocycles. The molecule has 2 rings (SSSR count). The molecule has 92 valence electrons. The van der Waals surface area contributed by atoms with Crippen molar-refractivity contribution in [3.8, 4) is 0 Å². The first kappa shape index (κ1) is 11.7. The van der Waals surface area contributed by atoms with E-state index in [0.717, 1.165) is 0 Å². The molecule has 0 spiro atoms. The summed E-state index contributed by atoms with van der Waals surface area (Å²) in [5.41, 5.74) is -0.0884. The van der Waals surface area contributed by atoms with Gasteiger partial charge in [-0.05, 0) is 0 Å². The fraction of sp³-hybridized carbons (Fsp3) is 0.500. The third-order valence-corrected chi connectivity index (χ3v) is 2.51. The van der Waals surface area contributed by atoms with Gasteiger partial charge in [-0.3, -0.25) is 4.98 Å². The molecule has 1 aliphatic heterocycles. The van der Waals surface area contributed by atoms with Crippen LogP contribution in [0.2, 0.25) is 0 Å². The number of carboxylic acids is 1. The number of ether oxygens (including phenoxy) is 1. The number of nitrogens with zero attached hydrogens (tertiary/aromatic N) is 3. The number of morpholine rings is 1. The Bertz CT molecular complexity index is 412. The van der Waals surface area contributed by atoms with Gasteiger partial charge in [-0.15, -0.1) is 0 Å². The molecule has 1 atom stereocenters. The normalized spacial score (nSPS) is 20.3. The molecule has 0 bridgehead atoms. The van der Waals surface area contributed by atoms with E-state index in [2.05, 4.69) is 9.97 Å². The Kier molecular flexibility index (Phi) is 3.50. The lowest BCUT2D eigenvalue weighted by Crippen LogP contribution is -2.44. The van der Waals surface area contributed by atoms with Crippen molar-refractivity contribution in [1.82, 2.24) is 9.97 Å². The molecule has 0 aromatic carbocycles. The van der Waals surface area contributed by atoms with Crippen molar-refractivity contribution >= 4 is 11.8 Å². The maximum Gasteiger partial charge on any atom is 0.356 e. The van der Waals surface area contributed by atoms with Crippen molar-refractivity contribution in [3.63, 3.8) is 0 Å². The summed E-state index contributed by atoms with van der Waals surface area (Å²) in [5.74, 6) is -0.613. The van der Waals surface area contributed by atoms with E-state index in [1.165, 1.54) is 12.4 Å². The molecule has 0 saturated carbocycles. The van der Waals surface area contributed by atoms with Crippen LogP contribution in [-0.4, -0.2) is 58.6 Å². The van der Waals surface area contributed by atoms with Crippen LogP contribution in [0.3, 0.4) is 0 Å². The first-order valence-electron chi connectivity index (χ1n) is 5.23. The summed E-state index contributed by atoms with van der Waals surface area (Å²) in [6.45, 7) is 1.50. The van der Waals surface area contributed by atoms with E-state index in [-0.39, 0.29) is 18.4 Å². The second-order valence-corrected chi connectivity index (χ2v) is 3.69. The second kappa shape index (κ2) is 5.07. The third kappa shape index (κ3) is 2.69. The van der Waals surface area contributed by atoms with Crippen molar-refractivity contribution in [1.29, 1.82) is 0 Å². The average molecular weight is 239 g/mol. The standard InChI is InChI=1S/C10H13N3O4/c14-6-7-5-13(1-2-17-7)9-4-11-3-8(12-9)10(15)16/h3-4,7,14H,1-2,5-6H2,(H,15,16). The summed E-state index contributed by atoms with van der Waals surface area (Å²) in [5, 5.41) is 17.8. The Morgan fingerprint density at radius 1 is 1.59 bits per heavy atom. The Hall–Kier alpha value is -1.73. The highest BCUT2D eigenvalue weighted by Gasteiger charge is 2.21. The van der Waals surface area contributed by atoms with Crippen LogP contribution in [0.5, 0.6) is 0 Å². The van der Waals surface area contributed by atoms with Gasteiger partial charge in [0, 0.05) is 13.1 Å². The number of rotatable bonds is 3. The number of hydrogen-bond acceptors (Lipinski definition) is 6. The lowest BCUT2D eigenvalue weighted by Gasteiger charge is -2.32. The predicted molar refractivity (Wildman–Crippen MR) is 58.0 cm³/mol. The van der Waals surface area contributed by atoms with Gasteiger partial charge in [0.05, 0.1) is 31.7 Å². The van der Waals surface area contributed by atoms with Gasteiger partial charge in [0.2, 0.25) is 0 Å². The van der Waals surface area contributed by atoms with Crippen LogP contribution >= 0.6 is 0 Å². The lowest BCUT2D eigenvalue weighted by atomic mass is 10.3. The highest BCUT2D eigenvalue weighted by atomic mass is 16.5. The molecule has 0 aliphatic carbocycles. The molecule has 7 heteroatoms. The minimum Gasteiger partial charge on any atom is -0.476 e. The molecular formula is C10H13N3O4. The average Bonchev–Trinajstić information content (AvgIpc) is 2.39. The maximum atomic E-state index is 10.8. The molecule has 1 aromatic heterocycles. The smallest absolute Gasteiger partial charge is 0.356 e. The van der Waals surface area contributed by atoms with E-state index in [1.54, 1.807) is 0 Å². The van der Waals surface area contributed by atoms with Crippen LogP contribution in [0.4, 0.5) is 5.82 Å². The van der Waals surface area contributed by atoms with E-state index >= 15 is 0 Å². The topological polar surface area (TPSA) is 95.8 Å². The summed E-state index contributed by atoms with van der Waals surface area (Å²) in [6.07, 6.45) is 2.45. The molecule has 1 aliphatic rings. The van der Waals surface area contributed by atoms with E-state index < -0.39 is 5.97 Å². The van der Waals surface area contributed by atoms with Gasteiger partial charge in [-0.25, -0.2) is 9.78 Å². The SMILES string of the molecule is O=C(O)c1cncc(N2CCOC(CO)C2)n1. The van der Waals surface area contributed by atoms with Crippen LogP contribution in [-0.2, 0) is 4.74 Å². The fourth-order valence-electron chi connectivity index (χ4n) is 1.65. The first-order valence-corrected chi connectivity index (χ1v) is 5.23. The second-order valence-electron chi connectivity index (χ2n) is 3.69. The van der Waals surface area contributed by atoms with Crippen LogP contribution in [0.15, 0.2) is 12.4 Å². The monoisotopic (exact) mass is 239 g/mol. The van der Waals surface area contributed by atoms with Gasteiger partial charge >= 0.3 is 5.97 Å². The van der Waals surface area contributed by atoms with E-state index in [0.29, 0.717) is 25.5 Å². The van der Waals surface area contributed by atoms with Crippen molar-refractivity contribution in [2.45, 2.75) is 6.10 Å². The number of aliphatic hydroxyl groups excluding tert-OH is 1. The number of anilines is 1. The number of carbonyl (C=O) groups is 1. The van der Waals surface area contributed by atoms with E-state index in [1.807, 2.05) is 4.90 Å². The Balaban J connectivity index is 2.16. The summed E-state index contributed by atoms with van der Waals surface area (Å²) < 4.78 is 5.30. The first-order chi connectivity index (χ1) is 8.20. The quantitative estimate of drug-likeness (QED) is 0.725. The van der Waals surface area contributed by atoms with Crippen LogP contribution in [0.1, 0.15) is 10.5 Å². The molecule has 2 heterocycles. The highest BCUT2D eigenvalue weighted by molar-refractivity contribution is 5.85. The lowest BCUT2D eigenvalue weighted by molar-refractivity contribution is 0.00333. The largest absolute Gasteiger partial charge is 0.476 e. The van der Waals surface area contributed by atoms with E-state index in [4.69, 9.17) is 14.9 Å². The number of aromatic carboxylic acids is 1. The predicted octanol–water partition coefficient (Wildman–Crippen LogP) is -0.628. The number of aromatic nitrogens is 2. The number of aliphatic hydroxyl groups is 1. The van der Waals surface area contributed by atoms with Gasteiger partial charge in [0.1, 0.15) is 5.82 Å². The third-order valence-electron chi connectivity index (χ3n) is 2.51. The summed E-state index contributed by atoms with van der Waals surface area (Å²) in [7, 11) is 0. The Morgan fingerprint density at radius 3 is 3.12 bits per heavy atom. The van der Waals surface area contributed by atoms with Crippen molar-refractivity contribution in [3.05, 3.63) is 18.1 Å². The Labute approximate surface area is 97.7 Å². The molecule has 17 heavy (non-hydrogen) atoms. The van der Waals surface area contributed by atoms with Crippen LogP contribution in [0.25, 0.3) is 0 Å². The number of hydrogen-bond donors (Lipinski definition) is 2. The number of carboxylic acid groups (broad SMARTS) is 1. The molecule has 7 nitrogen and oxygen atoms in total. The van der Waals surface area contributed by atoms with Crippen LogP contribution in [0, 0.1) is 0 Å². The Morgan fingerprint density at radius 2 is 2.41 bits per heavy atom. The molecule has 1 fully saturated rings. The maximum absolute atomic E-state index is 10.8. The minimum absolute atomic E-state index is 0.0669. The van der Waals surface area contributed by atoms with Crippen molar-refractivity contribution < 1.29 is 19.7 Å².